The number of aromatic nitrogens is 1. The first-order chi connectivity index (χ1) is 13.0. The first kappa shape index (κ1) is 19.1. The van der Waals surface area contributed by atoms with Gasteiger partial charge in [-0.3, -0.25) is 4.79 Å². The summed E-state index contributed by atoms with van der Waals surface area (Å²) in [5.74, 6) is -0.193. The van der Waals surface area contributed by atoms with Crippen LogP contribution in [0.4, 0.5) is 4.39 Å². The minimum atomic E-state index is -0.234. The van der Waals surface area contributed by atoms with Crippen LogP contribution in [0.1, 0.15) is 17.5 Å². The number of benzene rings is 2. The van der Waals surface area contributed by atoms with Crippen molar-refractivity contribution in [2.45, 2.75) is 19.4 Å². The molecule has 27 heavy (non-hydrogen) atoms. The molecule has 5 heteroatoms. The molecule has 2 aromatic carbocycles. The monoisotopic (exact) mass is 367 g/mol. The number of nitrogens with zero attached hydrogens (tertiary/aromatic N) is 2. The second kappa shape index (κ2) is 8.82. The molecule has 0 fully saturated rings. The van der Waals surface area contributed by atoms with Crippen LogP contribution in [0.25, 0.3) is 10.9 Å². The predicted octanol–water partition coefficient (Wildman–Crippen LogP) is 3.44. The number of nitrogens with one attached hydrogen (secondary N) is 1. The van der Waals surface area contributed by atoms with E-state index in [0.29, 0.717) is 19.5 Å². The van der Waals surface area contributed by atoms with Crippen LogP contribution >= 0.6 is 0 Å². The van der Waals surface area contributed by atoms with Gasteiger partial charge in [0.05, 0.1) is 6.42 Å². The van der Waals surface area contributed by atoms with Gasteiger partial charge in [-0.2, -0.15) is 0 Å². The second-order valence-corrected chi connectivity index (χ2v) is 7.11. The first-order valence-electron chi connectivity index (χ1n) is 9.25. The molecule has 0 aliphatic heterocycles. The van der Waals surface area contributed by atoms with Crippen LogP contribution in [0, 0.1) is 5.82 Å². The first-order valence-corrected chi connectivity index (χ1v) is 9.25. The van der Waals surface area contributed by atoms with Crippen LogP contribution in [0.15, 0.2) is 54.7 Å². The number of fused-ring (bicyclic) bond motifs is 1. The van der Waals surface area contributed by atoms with Crippen molar-refractivity contribution < 1.29 is 9.18 Å². The van der Waals surface area contributed by atoms with Gasteiger partial charge in [0.2, 0.25) is 5.91 Å². The van der Waals surface area contributed by atoms with Crippen LogP contribution in [-0.4, -0.2) is 42.6 Å². The van der Waals surface area contributed by atoms with Gasteiger partial charge in [-0.1, -0.05) is 30.3 Å². The Morgan fingerprint density at radius 2 is 1.85 bits per heavy atom. The largest absolute Gasteiger partial charge is 0.356 e. The highest BCUT2D eigenvalue weighted by Crippen LogP contribution is 2.23. The smallest absolute Gasteiger partial charge is 0.224 e. The summed E-state index contributed by atoms with van der Waals surface area (Å²) in [5.41, 5.74) is 3.12. The quantitative estimate of drug-likeness (QED) is 0.619. The molecule has 3 aromatic rings. The fourth-order valence-electron chi connectivity index (χ4n) is 3.24. The van der Waals surface area contributed by atoms with Crippen LogP contribution in [-0.2, 0) is 17.8 Å². The van der Waals surface area contributed by atoms with Gasteiger partial charge < -0.3 is 14.8 Å². The van der Waals surface area contributed by atoms with Gasteiger partial charge in [0.1, 0.15) is 5.82 Å². The Hall–Kier alpha value is -2.66. The highest BCUT2D eigenvalue weighted by molar-refractivity contribution is 5.89. The number of amides is 1. The molecule has 1 aromatic heterocycles. The third-order valence-corrected chi connectivity index (χ3v) is 4.59. The van der Waals surface area contributed by atoms with E-state index >= 15 is 0 Å². The summed E-state index contributed by atoms with van der Waals surface area (Å²) in [6.07, 6.45) is 3.33. The Bertz CT molecular complexity index is 900. The summed E-state index contributed by atoms with van der Waals surface area (Å²) in [5, 5.41) is 4.09. The lowest BCUT2D eigenvalue weighted by Gasteiger charge is -2.09. The SMILES string of the molecule is CN(C)CCCNC(=O)Cc1cn(Cc2ccc(F)cc2)c2ccccc12. The fraction of sp³-hybridized carbons (Fsp3) is 0.318. The molecule has 1 heterocycles. The van der Waals surface area contributed by atoms with E-state index in [1.165, 1.54) is 12.1 Å². The number of halogens is 1. The third-order valence-electron chi connectivity index (χ3n) is 4.59. The van der Waals surface area contributed by atoms with Gasteiger partial charge in [0.15, 0.2) is 0 Å². The van der Waals surface area contributed by atoms with Crippen molar-refractivity contribution >= 4 is 16.8 Å². The zero-order valence-corrected chi connectivity index (χ0v) is 15.9. The van der Waals surface area contributed by atoms with Crippen molar-refractivity contribution in [2.24, 2.45) is 0 Å². The number of carbonyl (C=O) groups excluding carboxylic acids is 1. The van der Waals surface area contributed by atoms with E-state index in [2.05, 4.69) is 20.9 Å². The highest BCUT2D eigenvalue weighted by atomic mass is 19.1. The average Bonchev–Trinajstić information content (AvgIpc) is 2.98. The summed E-state index contributed by atoms with van der Waals surface area (Å²) in [4.78, 5) is 14.4. The minimum absolute atomic E-state index is 0.0402. The summed E-state index contributed by atoms with van der Waals surface area (Å²) < 4.78 is 15.3. The Morgan fingerprint density at radius 1 is 1.11 bits per heavy atom. The summed E-state index contributed by atoms with van der Waals surface area (Å²) in [6, 6.07) is 14.6. The molecular weight excluding hydrogens is 341 g/mol. The van der Waals surface area contributed by atoms with Crippen molar-refractivity contribution in [3.63, 3.8) is 0 Å². The topological polar surface area (TPSA) is 37.3 Å². The average molecular weight is 367 g/mol. The van der Waals surface area contributed by atoms with Crippen molar-refractivity contribution in [1.29, 1.82) is 0 Å². The minimum Gasteiger partial charge on any atom is -0.356 e. The standard InChI is InChI=1S/C22H26FN3O/c1-25(2)13-5-12-24-22(27)14-18-16-26(21-7-4-3-6-20(18)21)15-17-8-10-19(23)11-9-17/h3-4,6-11,16H,5,12-15H2,1-2H3,(H,24,27). The zero-order valence-electron chi connectivity index (χ0n) is 15.9. The van der Waals surface area contributed by atoms with Crippen molar-refractivity contribution in [3.05, 3.63) is 71.7 Å². The van der Waals surface area contributed by atoms with E-state index in [9.17, 15) is 9.18 Å². The molecule has 4 nitrogen and oxygen atoms in total. The molecule has 0 atom stereocenters. The van der Waals surface area contributed by atoms with Crippen LogP contribution in [0.2, 0.25) is 0 Å². The van der Waals surface area contributed by atoms with Gasteiger partial charge in [0.25, 0.3) is 0 Å². The molecule has 0 saturated heterocycles. The number of para-hydroxylation sites is 1. The highest BCUT2D eigenvalue weighted by Gasteiger charge is 2.12. The maximum absolute atomic E-state index is 13.1. The summed E-state index contributed by atoms with van der Waals surface area (Å²) >= 11 is 0. The molecule has 0 bridgehead atoms. The number of carbonyl (C=O) groups is 1. The molecule has 0 aliphatic carbocycles. The van der Waals surface area contributed by atoms with Gasteiger partial charge in [-0.25, -0.2) is 4.39 Å². The predicted molar refractivity (Wildman–Crippen MR) is 107 cm³/mol. The van der Waals surface area contributed by atoms with Crippen LogP contribution < -0.4 is 5.32 Å². The molecule has 0 unspecified atom stereocenters. The van der Waals surface area contributed by atoms with E-state index in [0.717, 1.165) is 35.0 Å². The van der Waals surface area contributed by atoms with Crippen molar-refractivity contribution in [1.82, 2.24) is 14.8 Å². The van der Waals surface area contributed by atoms with Gasteiger partial charge in [0, 0.05) is 30.2 Å². The molecule has 1 amide bonds. The number of rotatable bonds is 8. The van der Waals surface area contributed by atoms with Gasteiger partial charge >= 0.3 is 0 Å². The lowest BCUT2D eigenvalue weighted by molar-refractivity contribution is -0.120. The molecule has 3 rings (SSSR count). The molecule has 1 N–H and O–H groups in total. The lowest BCUT2D eigenvalue weighted by atomic mass is 10.1. The maximum Gasteiger partial charge on any atom is 0.224 e. The Morgan fingerprint density at radius 3 is 2.59 bits per heavy atom. The normalized spacial score (nSPS) is 11.3. The van der Waals surface area contributed by atoms with Crippen LogP contribution in [0.5, 0.6) is 0 Å². The van der Waals surface area contributed by atoms with Crippen LogP contribution in [0.3, 0.4) is 0 Å². The zero-order chi connectivity index (χ0) is 19.2. The Kier molecular flexibility index (Phi) is 6.24. The lowest BCUT2D eigenvalue weighted by Crippen LogP contribution is -2.28. The Balaban J connectivity index is 1.72. The van der Waals surface area contributed by atoms with Gasteiger partial charge in [-0.15, -0.1) is 0 Å². The number of hydrogen-bond acceptors (Lipinski definition) is 2. The van der Waals surface area contributed by atoms with Crippen molar-refractivity contribution in [2.75, 3.05) is 27.2 Å². The van der Waals surface area contributed by atoms with E-state index in [4.69, 9.17) is 0 Å². The van der Waals surface area contributed by atoms with Gasteiger partial charge in [-0.05, 0) is 56.4 Å². The van der Waals surface area contributed by atoms with Crippen molar-refractivity contribution in [3.8, 4) is 0 Å². The molecular formula is C22H26FN3O. The molecule has 142 valence electrons. The molecule has 0 saturated carbocycles. The third kappa shape index (κ3) is 5.17. The summed E-state index contributed by atoms with van der Waals surface area (Å²) in [7, 11) is 4.05. The van der Waals surface area contributed by atoms with E-state index in [1.807, 2.05) is 38.5 Å². The van der Waals surface area contributed by atoms with E-state index < -0.39 is 0 Å². The molecule has 0 spiro atoms. The molecule has 0 radical (unpaired) electrons. The van der Waals surface area contributed by atoms with E-state index in [1.54, 1.807) is 12.1 Å². The van der Waals surface area contributed by atoms with E-state index in [-0.39, 0.29) is 11.7 Å². The second-order valence-electron chi connectivity index (χ2n) is 7.11. The Labute approximate surface area is 159 Å². The number of hydrogen-bond donors (Lipinski definition) is 1. The summed E-state index contributed by atoms with van der Waals surface area (Å²) in [6.45, 7) is 2.29. The molecule has 0 aliphatic rings. The fourth-order valence-corrected chi connectivity index (χ4v) is 3.24. The maximum atomic E-state index is 13.1.